The van der Waals surface area contributed by atoms with E-state index in [2.05, 4.69) is 35.9 Å². The molecule has 1 atom stereocenters. The van der Waals surface area contributed by atoms with Crippen molar-refractivity contribution >= 4 is 22.0 Å². The summed E-state index contributed by atoms with van der Waals surface area (Å²) >= 11 is 3.50. The molecule has 1 nitrogen and oxygen atoms in total. The molecule has 0 bridgehead atoms. The Balaban J connectivity index is 2.87. The van der Waals surface area contributed by atoms with Crippen molar-refractivity contribution in [3.63, 3.8) is 0 Å². The Labute approximate surface area is 81.6 Å². The van der Waals surface area contributed by atoms with Gasteiger partial charge in [0.25, 0.3) is 0 Å². The lowest BCUT2D eigenvalue weighted by Crippen LogP contribution is -1.90. The molecule has 0 N–H and O–H groups in total. The zero-order valence-corrected chi connectivity index (χ0v) is 9.18. The standard InChI is InChI=1S/C10H13BrO/c1-7-4-5-12-10(7)6-8(2)9(3)11/h4-6,9H,1-3H3/b8-6+. The Hall–Kier alpha value is -0.500. The van der Waals surface area contributed by atoms with Gasteiger partial charge < -0.3 is 4.42 Å². The van der Waals surface area contributed by atoms with Crippen molar-refractivity contribution in [1.29, 1.82) is 0 Å². The second-order valence-corrected chi connectivity index (χ2v) is 4.35. The number of hydrogen-bond acceptors (Lipinski definition) is 1. The van der Waals surface area contributed by atoms with Crippen LogP contribution in [-0.4, -0.2) is 4.83 Å². The van der Waals surface area contributed by atoms with Gasteiger partial charge in [-0.3, -0.25) is 0 Å². The molecule has 0 aromatic carbocycles. The van der Waals surface area contributed by atoms with Crippen LogP contribution >= 0.6 is 15.9 Å². The topological polar surface area (TPSA) is 13.1 Å². The smallest absolute Gasteiger partial charge is 0.129 e. The molecule has 0 saturated heterocycles. The van der Waals surface area contributed by atoms with E-state index in [4.69, 9.17) is 4.42 Å². The lowest BCUT2D eigenvalue weighted by molar-refractivity contribution is 0.554. The van der Waals surface area contributed by atoms with E-state index in [9.17, 15) is 0 Å². The van der Waals surface area contributed by atoms with Gasteiger partial charge >= 0.3 is 0 Å². The Bertz CT molecular complexity index is 284. The number of furan rings is 1. The van der Waals surface area contributed by atoms with Crippen LogP contribution in [0, 0.1) is 6.92 Å². The second kappa shape index (κ2) is 3.94. The lowest BCUT2D eigenvalue weighted by atomic mass is 10.2. The summed E-state index contributed by atoms with van der Waals surface area (Å²) in [7, 11) is 0. The normalized spacial score (nSPS) is 14.8. The van der Waals surface area contributed by atoms with Crippen molar-refractivity contribution in [3.05, 3.63) is 29.2 Å². The molecule has 1 unspecified atom stereocenters. The molecule has 2 heteroatoms. The molecule has 1 aromatic heterocycles. The fourth-order valence-corrected chi connectivity index (χ4v) is 0.986. The molecule has 12 heavy (non-hydrogen) atoms. The third-order valence-corrected chi connectivity index (χ3v) is 2.61. The van der Waals surface area contributed by atoms with Crippen molar-refractivity contribution in [2.75, 3.05) is 0 Å². The van der Waals surface area contributed by atoms with Crippen molar-refractivity contribution in [2.24, 2.45) is 0 Å². The van der Waals surface area contributed by atoms with E-state index in [1.165, 1.54) is 11.1 Å². The van der Waals surface area contributed by atoms with Gasteiger partial charge in [0.15, 0.2) is 0 Å². The Kier molecular flexibility index (Phi) is 3.15. The number of halogens is 1. The number of aryl methyl sites for hydroxylation is 1. The maximum atomic E-state index is 5.29. The van der Waals surface area contributed by atoms with E-state index < -0.39 is 0 Å². The van der Waals surface area contributed by atoms with E-state index in [1.807, 2.05) is 13.0 Å². The van der Waals surface area contributed by atoms with Crippen LogP contribution in [-0.2, 0) is 0 Å². The van der Waals surface area contributed by atoms with Gasteiger partial charge in [0.05, 0.1) is 6.26 Å². The molecule has 0 fully saturated rings. The summed E-state index contributed by atoms with van der Waals surface area (Å²) in [5, 5.41) is 0. The average molecular weight is 229 g/mol. The molecule has 0 radical (unpaired) electrons. The summed E-state index contributed by atoms with van der Waals surface area (Å²) in [6.07, 6.45) is 3.78. The molecular formula is C10H13BrO. The predicted molar refractivity (Wildman–Crippen MR) is 55.5 cm³/mol. The highest BCUT2D eigenvalue weighted by Gasteiger charge is 2.01. The van der Waals surface area contributed by atoms with Crippen LogP contribution in [0.5, 0.6) is 0 Å². The third kappa shape index (κ3) is 2.24. The summed E-state index contributed by atoms with van der Waals surface area (Å²) in [5.41, 5.74) is 2.45. The molecule has 0 aliphatic carbocycles. The van der Waals surface area contributed by atoms with E-state index >= 15 is 0 Å². The molecule has 66 valence electrons. The van der Waals surface area contributed by atoms with Crippen molar-refractivity contribution < 1.29 is 4.42 Å². The van der Waals surface area contributed by atoms with Gasteiger partial charge in [0.2, 0.25) is 0 Å². The van der Waals surface area contributed by atoms with E-state index in [0.717, 1.165) is 5.76 Å². The number of hydrogen-bond donors (Lipinski definition) is 0. The van der Waals surface area contributed by atoms with Gasteiger partial charge in [-0.2, -0.15) is 0 Å². The second-order valence-electron chi connectivity index (χ2n) is 2.97. The molecule has 0 aliphatic heterocycles. The predicted octanol–water partition coefficient (Wildman–Crippen LogP) is 3.77. The van der Waals surface area contributed by atoms with Crippen LogP contribution in [0.3, 0.4) is 0 Å². The fraction of sp³-hybridized carbons (Fsp3) is 0.400. The summed E-state index contributed by atoms with van der Waals surface area (Å²) in [6, 6.07) is 1.97. The number of rotatable bonds is 2. The van der Waals surface area contributed by atoms with Gasteiger partial charge in [-0.15, -0.1) is 0 Å². The summed E-state index contributed by atoms with van der Waals surface area (Å²) in [4.78, 5) is 0.405. The van der Waals surface area contributed by atoms with Gasteiger partial charge in [-0.05, 0) is 38.5 Å². The van der Waals surface area contributed by atoms with Crippen LogP contribution in [0.4, 0.5) is 0 Å². The van der Waals surface area contributed by atoms with Crippen LogP contribution in [0.15, 0.2) is 22.3 Å². The summed E-state index contributed by atoms with van der Waals surface area (Å²) in [6.45, 7) is 6.23. The highest BCUT2D eigenvalue weighted by molar-refractivity contribution is 9.09. The van der Waals surface area contributed by atoms with E-state index in [0.29, 0.717) is 4.83 Å². The summed E-state index contributed by atoms with van der Waals surface area (Å²) < 4.78 is 5.29. The maximum absolute atomic E-state index is 5.29. The highest BCUT2D eigenvalue weighted by Crippen LogP contribution is 2.17. The zero-order chi connectivity index (χ0) is 9.14. The molecule has 0 aliphatic rings. The third-order valence-electron chi connectivity index (χ3n) is 1.89. The van der Waals surface area contributed by atoms with Gasteiger partial charge in [0, 0.05) is 4.83 Å². The van der Waals surface area contributed by atoms with E-state index in [1.54, 1.807) is 6.26 Å². The molecule has 0 saturated carbocycles. The first-order chi connectivity index (χ1) is 5.61. The van der Waals surface area contributed by atoms with Crippen LogP contribution in [0.2, 0.25) is 0 Å². The quantitative estimate of drug-likeness (QED) is 0.703. The Morgan fingerprint density at radius 1 is 1.67 bits per heavy atom. The minimum atomic E-state index is 0.405. The van der Waals surface area contributed by atoms with Crippen LogP contribution < -0.4 is 0 Å². The molecule has 1 rings (SSSR count). The van der Waals surface area contributed by atoms with Crippen LogP contribution in [0.25, 0.3) is 6.08 Å². The fourth-order valence-electron chi connectivity index (χ4n) is 0.854. The zero-order valence-electron chi connectivity index (χ0n) is 7.60. The van der Waals surface area contributed by atoms with Crippen LogP contribution in [0.1, 0.15) is 25.2 Å². The van der Waals surface area contributed by atoms with E-state index in [-0.39, 0.29) is 0 Å². The molecule has 0 amide bonds. The lowest BCUT2D eigenvalue weighted by Gasteiger charge is -2.01. The average Bonchev–Trinajstić information content (AvgIpc) is 2.36. The summed E-state index contributed by atoms with van der Waals surface area (Å²) in [5.74, 6) is 0.957. The largest absolute Gasteiger partial charge is 0.465 e. The Morgan fingerprint density at radius 3 is 2.75 bits per heavy atom. The molecule has 1 aromatic rings. The number of allylic oxidation sites excluding steroid dienone is 1. The minimum Gasteiger partial charge on any atom is -0.465 e. The SMILES string of the molecule is C/C(=C\c1occc1C)C(C)Br. The molecule has 1 heterocycles. The van der Waals surface area contributed by atoms with Crippen molar-refractivity contribution in [2.45, 2.75) is 25.6 Å². The highest BCUT2D eigenvalue weighted by atomic mass is 79.9. The van der Waals surface area contributed by atoms with Gasteiger partial charge in [-0.1, -0.05) is 21.5 Å². The van der Waals surface area contributed by atoms with Crippen molar-refractivity contribution in [1.82, 2.24) is 0 Å². The molecular weight excluding hydrogens is 216 g/mol. The monoisotopic (exact) mass is 228 g/mol. The maximum Gasteiger partial charge on any atom is 0.129 e. The van der Waals surface area contributed by atoms with Crippen molar-refractivity contribution in [3.8, 4) is 0 Å². The van der Waals surface area contributed by atoms with Gasteiger partial charge in [-0.25, -0.2) is 0 Å². The molecule has 0 spiro atoms. The first-order valence-electron chi connectivity index (χ1n) is 3.97. The number of alkyl halides is 1. The minimum absolute atomic E-state index is 0.405. The first kappa shape index (κ1) is 9.59. The van der Waals surface area contributed by atoms with Gasteiger partial charge in [0.1, 0.15) is 5.76 Å². The first-order valence-corrected chi connectivity index (χ1v) is 4.89. The Morgan fingerprint density at radius 2 is 2.33 bits per heavy atom.